The number of methoxy groups -OCH3 is 1. The number of aliphatic hydroxyl groups is 1. The second-order valence-corrected chi connectivity index (χ2v) is 9.51. The molecule has 2 aliphatic rings. The van der Waals surface area contributed by atoms with Gasteiger partial charge in [-0.2, -0.15) is 0 Å². The fraction of sp³-hybridized carbons (Fsp3) is 0.462. The van der Waals surface area contributed by atoms with Crippen molar-refractivity contribution in [2.24, 2.45) is 5.92 Å². The molecule has 10 nitrogen and oxygen atoms in total. The van der Waals surface area contributed by atoms with Crippen LogP contribution in [0.4, 0.5) is 0 Å². The molecule has 190 valence electrons. The molecule has 5 rings (SSSR count). The van der Waals surface area contributed by atoms with Crippen LogP contribution in [-0.2, 0) is 4.79 Å². The molecule has 2 heterocycles. The SMILES string of the molecule is COc1ccc(-c2ncnc3c(C(=O)N[C@H]4CC[C@@H](NC(=O)CO)CC4)c[nH]c23)c(OCC2CC2)c1. The lowest BCUT2D eigenvalue weighted by molar-refractivity contribution is -0.124. The summed E-state index contributed by atoms with van der Waals surface area (Å²) in [5.74, 6) is 1.42. The van der Waals surface area contributed by atoms with Gasteiger partial charge < -0.3 is 30.2 Å². The zero-order valence-electron chi connectivity index (χ0n) is 20.3. The number of aromatic nitrogens is 3. The number of amides is 2. The van der Waals surface area contributed by atoms with E-state index in [0.717, 1.165) is 31.2 Å². The van der Waals surface area contributed by atoms with Crippen molar-refractivity contribution in [3.05, 3.63) is 36.3 Å². The Morgan fingerprint density at radius 3 is 2.53 bits per heavy atom. The Balaban J connectivity index is 1.33. The van der Waals surface area contributed by atoms with E-state index in [-0.39, 0.29) is 23.9 Å². The van der Waals surface area contributed by atoms with Gasteiger partial charge in [0.1, 0.15) is 35.6 Å². The lowest BCUT2D eigenvalue weighted by atomic mass is 9.91. The molecule has 0 aliphatic heterocycles. The third-order valence-electron chi connectivity index (χ3n) is 6.89. The third kappa shape index (κ3) is 5.28. The fourth-order valence-corrected chi connectivity index (χ4v) is 4.67. The zero-order chi connectivity index (χ0) is 25.1. The Labute approximate surface area is 208 Å². The molecule has 1 aromatic carbocycles. The summed E-state index contributed by atoms with van der Waals surface area (Å²) in [7, 11) is 1.62. The van der Waals surface area contributed by atoms with Crippen molar-refractivity contribution in [3.63, 3.8) is 0 Å². The van der Waals surface area contributed by atoms with Crippen molar-refractivity contribution >= 4 is 22.8 Å². The minimum absolute atomic E-state index is 0.00931. The minimum Gasteiger partial charge on any atom is -0.497 e. The molecule has 2 aliphatic carbocycles. The average Bonchev–Trinajstić information content (AvgIpc) is 3.63. The maximum atomic E-state index is 13.1. The Bertz CT molecular complexity index is 1250. The number of benzene rings is 1. The summed E-state index contributed by atoms with van der Waals surface area (Å²) < 4.78 is 11.5. The van der Waals surface area contributed by atoms with Gasteiger partial charge in [0.2, 0.25) is 5.91 Å². The molecular formula is C26H31N5O5. The molecule has 0 bridgehead atoms. The van der Waals surface area contributed by atoms with E-state index in [2.05, 4.69) is 25.6 Å². The van der Waals surface area contributed by atoms with Crippen LogP contribution in [0.5, 0.6) is 11.5 Å². The molecule has 0 saturated heterocycles. The quantitative estimate of drug-likeness (QED) is 0.359. The fourth-order valence-electron chi connectivity index (χ4n) is 4.67. The molecule has 0 unspecified atom stereocenters. The Morgan fingerprint density at radius 1 is 1.08 bits per heavy atom. The number of aromatic amines is 1. The maximum absolute atomic E-state index is 13.1. The highest BCUT2D eigenvalue weighted by Gasteiger charge is 2.26. The molecule has 2 fully saturated rings. The molecule has 3 aromatic rings. The van der Waals surface area contributed by atoms with Crippen LogP contribution in [0.2, 0.25) is 0 Å². The van der Waals surface area contributed by atoms with Crippen LogP contribution in [-0.4, -0.2) is 64.3 Å². The number of hydrogen-bond donors (Lipinski definition) is 4. The van der Waals surface area contributed by atoms with Crippen LogP contribution in [0.1, 0.15) is 48.9 Å². The van der Waals surface area contributed by atoms with Gasteiger partial charge in [0, 0.05) is 29.9 Å². The van der Waals surface area contributed by atoms with E-state index in [4.69, 9.17) is 14.6 Å². The number of ether oxygens (including phenoxy) is 2. The average molecular weight is 494 g/mol. The monoisotopic (exact) mass is 493 g/mol. The summed E-state index contributed by atoms with van der Waals surface area (Å²) in [6, 6.07) is 5.68. The standard InChI is InChI=1S/C26H31N5O5/c1-35-18-8-9-19(21(10-18)36-13-15-2-3-15)23-25-24(29-14-28-23)20(11-27-25)26(34)31-17-6-4-16(5-7-17)30-22(33)12-32/h8-11,14-17,27,32H,2-7,12-13H2,1H3,(H,30,33)(H,31,34)/t16-,17+. The number of aliphatic hydroxyl groups excluding tert-OH is 1. The molecular weight excluding hydrogens is 462 g/mol. The maximum Gasteiger partial charge on any atom is 0.255 e. The van der Waals surface area contributed by atoms with E-state index in [1.54, 1.807) is 13.3 Å². The summed E-state index contributed by atoms with van der Waals surface area (Å²) in [4.78, 5) is 36.7. The molecule has 36 heavy (non-hydrogen) atoms. The normalized spacial score (nSPS) is 19.6. The minimum atomic E-state index is -0.508. The van der Waals surface area contributed by atoms with Crippen molar-refractivity contribution in [1.82, 2.24) is 25.6 Å². The van der Waals surface area contributed by atoms with Crippen molar-refractivity contribution in [3.8, 4) is 22.8 Å². The predicted octanol–water partition coefficient (Wildman–Crippen LogP) is 2.57. The van der Waals surface area contributed by atoms with Crippen LogP contribution in [0, 0.1) is 5.92 Å². The van der Waals surface area contributed by atoms with Gasteiger partial charge in [0.05, 0.1) is 24.8 Å². The molecule has 0 radical (unpaired) electrons. The third-order valence-corrected chi connectivity index (χ3v) is 6.89. The van der Waals surface area contributed by atoms with Gasteiger partial charge in [-0.15, -0.1) is 0 Å². The van der Waals surface area contributed by atoms with E-state index in [9.17, 15) is 9.59 Å². The first-order valence-electron chi connectivity index (χ1n) is 12.4. The Kier molecular flexibility index (Phi) is 7.04. The smallest absolute Gasteiger partial charge is 0.255 e. The van der Waals surface area contributed by atoms with E-state index >= 15 is 0 Å². The first-order valence-corrected chi connectivity index (χ1v) is 12.4. The number of carbonyl (C=O) groups excluding carboxylic acids is 2. The summed E-state index contributed by atoms with van der Waals surface area (Å²) in [5, 5.41) is 14.8. The van der Waals surface area contributed by atoms with Crippen LogP contribution in [0.3, 0.4) is 0 Å². The van der Waals surface area contributed by atoms with Crippen LogP contribution in [0.15, 0.2) is 30.7 Å². The number of carbonyl (C=O) groups is 2. The summed E-state index contributed by atoms with van der Waals surface area (Å²) in [5.41, 5.74) is 3.14. The largest absolute Gasteiger partial charge is 0.497 e. The molecule has 2 aromatic heterocycles. The lowest BCUT2D eigenvalue weighted by Crippen LogP contribution is -2.44. The van der Waals surface area contributed by atoms with Crippen molar-refractivity contribution in [2.75, 3.05) is 20.3 Å². The second-order valence-electron chi connectivity index (χ2n) is 9.51. The van der Waals surface area contributed by atoms with Crippen molar-refractivity contribution in [2.45, 2.75) is 50.6 Å². The molecule has 10 heteroatoms. The number of rotatable bonds is 9. The summed E-state index contributed by atoms with van der Waals surface area (Å²) >= 11 is 0. The molecule has 0 atom stereocenters. The first-order chi connectivity index (χ1) is 17.6. The van der Waals surface area contributed by atoms with Gasteiger partial charge in [-0.3, -0.25) is 9.59 Å². The summed E-state index contributed by atoms with van der Waals surface area (Å²) in [6.07, 6.45) is 8.49. The van der Waals surface area contributed by atoms with Crippen LogP contribution < -0.4 is 20.1 Å². The van der Waals surface area contributed by atoms with E-state index in [1.807, 2.05) is 18.2 Å². The van der Waals surface area contributed by atoms with Gasteiger partial charge in [0.15, 0.2) is 0 Å². The van der Waals surface area contributed by atoms with Gasteiger partial charge in [-0.25, -0.2) is 9.97 Å². The number of hydrogen-bond acceptors (Lipinski definition) is 7. The lowest BCUT2D eigenvalue weighted by Gasteiger charge is -2.29. The van der Waals surface area contributed by atoms with E-state index < -0.39 is 6.61 Å². The molecule has 4 N–H and O–H groups in total. The predicted molar refractivity (Wildman–Crippen MR) is 133 cm³/mol. The van der Waals surface area contributed by atoms with Gasteiger partial charge in [-0.1, -0.05) is 0 Å². The Morgan fingerprint density at radius 2 is 1.83 bits per heavy atom. The topological polar surface area (TPSA) is 138 Å². The van der Waals surface area contributed by atoms with E-state index in [0.29, 0.717) is 46.3 Å². The van der Waals surface area contributed by atoms with Gasteiger partial charge >= 0.3 is 0 Å². The first kappa shape index (κ1) is 24.1. The molecule has 0 spiro atoms. The summed E-state index contributed by atoms with van der Waals surface area (Å²) in [6.45, 7) is 0.143. The zero-order valence-corrected chi connectivity index (χ0v) is 20.3. The van der Waals surface area contributed by atoms with Gasteiger partial charge in [0.25, 0.3) is 5.91 Å². The number of nitrogens with zero attached hydrogens (tertiary/aromatic N) is 2. The molecule has 2 saturated carbocycles. The van der Waals surface area contributed by atoms with Crippen molar-refractivity contribution in [1.29, 1.82) is 0 Å². The Hall–Kier alpha value is -3.66. The highest BCUT2D eigenvalue weighted by Crippen LogP contribution is 2.37. The number of H-pyrrole nitrogens is 1. The highest BCUT2D eigenvalue weighted by atomic mass is 16.5. The van der Waals surface area contributed by atoms with Gasteiger partial charge in [-0.05, 0) is 56.6 Å². The number of nitrogens with one attached hydrogen (secondary N) is 3. The van der Waals surface area contributed by atoms with Crippen LogP contribution in [0.25, 0.3) is 22.3 Å². The molecule has 2 amide bonds. The number of fused-ring (bicyclic) bond motifs is 1. The second kappa shape index (κ2) is 10.5. The highest BCUT2D eigenvalue weighted by molar-refractivity contribution is 6.08. The van der Waals surface area contributed by atoms with Crippen molar-refractivity contribution < 1.29 is 24.2 Å². The van der Waals surface area contributed by atoms with Crippen LogP contribution >= 0.6 is 0 Å². The van der Waals surface area contributed by atoms with E-state index in [1.165, 1.54) is 19.2 Å².